The molecule has 1 aromatic rings. The highest BCUT2D eigenvalue weighted by atomic mass is 35.5. The predicted octanol–water partition coefficient (Wildman–Crippen LogP) is 5.42. The molecular formula is C19H32ClNO. The Morgan fingerprint density at radius 3 is 2.05 bits per heavy atom. The first kappa shape index (κ1) is 21.1. The fourth-order valence-corrected chi connectivity index (χ4v) is 2.80. The highest BCUT2D eigenvalue weighted by Gasteiger charge is 2.21. The molecule has 2 nitrogen and oxygen atoms in total. The van der Waals surface area contributed by atoms with E-state index in [2.05, 4.69) is 6.92 Å². The van der Waals surface area contributed by atoms with Gasteiger partial charge in [-0.2, -0.15) is 0 Å². The van der Waals surface area contributed by atoms with Gasteiger partial charge >= 0.3 is 0 Å². The van der Waals surface area contributed by atoms with Gasteiger partial charge in [0.15, 0.2) is 5.78 Å². The summed E-state index contributed by atoms with van der Waals surface area (Å²) >= 11 is 0. The van der Waals surface area contributed by atoms with Gasteiger partial charge in [0.1, 0.15) is 0 Å². The van der Waals surface area contributed by atoms with Gasteiger partial charge in [-0.1, -0.05) is 75.8 Å². The molecule has 0 aromatic heterocycles. The molecule has 1 atom stereocenters. The molecule has 0 aliphatic carbocycles. The molecule has 0 spiro atoms. The summed E-state index contributed by atoms with van der Waals surface area (Å²) in [6.45, 7) is 2.24. The SMILES string of the molecule is CCCCCCCCCC(=O)C(c1ccccc1)N(C)C.Cl. The van der Waals surface area contributed by atoms with Gasteiger partial charge in [0, 0.05) is 6.42 Å². The number of benzene rings is 1. The molecule has 0 amide bonds. The minimum Gasteiger partial charge on any atom is -0.298 e. The Balaban J connectivity index is 0.00000441. The smallest absolute Gasteiger partial charge is 0.154 e. The topological polar surface area (TPSA) is 20.3 Å². The summed E-state index contributed by atoms with van der Waals surface area (Å²) < 4.78 is 0. The fraction of sp³-hybridized carbons (Fsp3) is 0.632. The van der Waals surface area contributed by atoms with Gasteiger partial charge in [-0.3, -0.25) is 9.69 Å². The number of Topliss-reactive ketones (excluding diaryl/α,β-unsaturated/α-hetero) is 1. The van der Waals surface area contributed by atoms with Crippen LogP contribution in [0.3, 0.4) is 0 Å². The lowest BCUT2D eigenvalue weighted by Gasteiger charge is -2.23. The lowest BCUT2D eigenvalue weighted by atomic mass is 9.97. The van der Waals surface area contributed by atoms with Gasteiger partial charge in [0.2, 0.25) is 0 Å². The monoisotopic (exact) mass is 325 g/mol. The summed E-state index contributed by atoms with van der Waals surface area (Å²) in [6.07, 6.45) is 9.48. The zero-order chi connectivity index (χ0) is 15.5. The summed E-state index contributed by atoms with van der Waals surface area (Å²) in [5.41, 5.74) is 1.11. The molecule has 0 saturated carbocycles. The number of hydrogen-bond donors (Lipinski definition) is 0. The third-order valence-corrected chi connectivity index (χ3v) is 3.96. The van der Waals surface area contributed by atoms with E-state index in [1.54, 1.807) is 0 Å². The van der Waals surface area contributed by atoms with Crippen molar-refractivity contribution in [2.45, 2.75) is 64.3 Å². The first-order valence-corrected chi connectivity index (χ1v) is 8.41. The van der Waals surface area contributed by atoms with Crippen molar-refractivity contribution in [2.75, 3.05) is 14.1 Å². The van der Waals surface area contributed by atoms with Crippen molar-refractivity contribution < 1.29 is 4.79 Å². The second-order valence-corrected chi connectivity index (χ2v) is 6.11. The largest absolute Gasteiger partial charge is 0.298 e. The van der Waals surface area contributed by atoms with Crippen molar-refractivity contribution in [1.29, 1.82) is 0 Å². The number of halogens is 1. The van der Waals surface area contributed by atoms with E-state index in [0.29, 0.717) is 12.2 Å². The molecular weight excluding hydrogens is 294 g/mol. The average molecular weight is 326 g/mol. The van der Waals surface area contributed by atoms with E-state index < -0.39 is 0 Å². The lowest BCUT2D eigenvalue weighted by Crippen LogP contribution is -2.27. The molecule has 1 unspecified atom stereocenters. The molecule has 22 heavy (non-hydrogen) atoms. The maximum Gasteiger partial charge on any atom is 0.154 e. The quantitative estimate of drug-likeness (QED) is 0.506. The first-order chi connectivity index (χ1) is 10.2. The van der Waals surface area contributed by atoms with Gasteiger partial charge in [-0.25, -0.2) is 0 Å². The molecule has 0 aliphatic rings. The second-order valence-electron chi connectivity index (χ2n) is 6.11. The highest BCUT2D eigenvalue weighted by Crippen LogP contribution is 2.21. The van der Waals surface area contributed by atoms with Crippen LogP contribution in [0.2, 0.25) is 0 Å². The van der Waals surface area contributed by atoms with E-state index in [1.165, 1.54) is 38.5 Å². The second kappa shape index (κ2) is 12.7. The van der Waals surface area contributed by atoms with Crippen LogP contribution in [-0.2, 0) is 4.79 Å². The van der Waals surface area contributed by atoms with Crippen molar-refractivity contribution in [3.8, 4) is 0 Å². The molecule has 3 heteroatoms. The van der Waals surface area contributed by atoms with Gasteiger partial charge in [-0.05, 0) is 26.1 Å². The number of rotatable bonds is 11. The molecule has 0 saturated heterocycles. The van der Waals surface area contributed by atoms with Crippen molar-refractivity contribution in [3.05, 3.63) is 35.9 Å². The number of likely N-dealkylation sites (N-methyl/N-ethyl adjacent to an activating group) is 1. The lowest BCUT2D eigenvalue weighted by molar-refractivity contribution is -0.123. The maximum atomic E-state index is 12.5. The van der Waals surface area contributed by atoms with Gasteiger partial charge in [-0.15, -0.1) is 12.4 Å². The molecule has 1 rings (SSSR count). The molecule has 0 N–H and O–H groups in total. The van der Waals surface area contributed by atoms with Crippen molar-refractivity contribution in [1.82, 2.24) is 4.90 Å². The summed E-state index contributed by atoms with van der Waals surface area (Å²) in [5, 5.41) is 0. The molecule has 0 bridgehead atoms. The third-order valence-electron chi connectivity index (χ3n) is 3.96. The summed E-state index contributed by atoms with van der Waals surface area (Å²) in [5.74, 6) is 0.347. The zero-order valence-corrected chi connectivity index (χ0v) is 15.2. The van der Waals surface area contributed by atoms with E-state index >= 15 is 0 Å². The van der Waals surface area contributed by atoms with Crippen molar-refractivity contribution >= 4 is 18.2 Å². The van der Waals surface area contributed by atoms with Crippen molar-refractivity contribution in [3.63, 3.8) is 0 Å². The Kier molecular flexibility index (Phi) is 12.2. The first-order valence-electron chi connectivity index (χ1n) is 8.41. The molecule has 0 aliphatic heterocycles. The number of carbonyl (C=O) groups excluding carboxylic acids is 1. The van der Waals surface area contributed by atoms with Crippen LogP contribution in [0.4, 0.5) is 0 Å². The Hall–Kier alpha value is -0.860. The van der Waals surface area contributed by atoms with Crippen LogP contribution < -0.4 is 0 Å². The van der Waals surface area contributed by atoms with Gasteiger partial charge in [0.05, 0.1) is 6.04 Å². The Labute approximate surface area is 142 Å². The zero-order valence-electron chi connectivity index (χ0n) is 14.4. The molecule has 0 radical (unpaired) electrons. The van der Waals surface area contributed by atoms with Crippen LogP contribution in [-0.4, -0.2) is 24.8 Å². The maximum absolute atomic E-state index is 12.5. The fourth-order valence-electron chi connectivity index (χ4n) is 2.80. The molecule has 1 aromatic carbocycles. The normalized spacial score (nSPS) is 12.0. The minimum absolute atomic E-state index is 0. The Morgan fingerprint density at radius 1 is 0.955 bits per heavy atom. The van der Waals surface area contributed by atoms with Crippen LogP contribution in [0.25, 0.3) is 0 Å². The average Bonchev–Trinajstić information content (AvgIpc) is 2.47. The Morgan fingerprint density at radius 2 is 1.50 bits per heavy atom. The number of nitrogens with zero attached hydrogens (tertiary/aromatic N) is 1. The highest BCUT2D eigenvalue weighted by molar-refractivity contribution is 5.85. The molecule has 0 heterocycles. The van der Waals surface area contributed by atoms with Crippen molar-refractivity contribution in [2.24, 2.45) is 0 Å². The Bertz CT molecular complexity index is 392. The van der Waals surface area contributed by atoms with E-state index in [1.807, 2.05) is 49.3 Å². The van der Waals surface area contributed by atoms with Gasteiger partial charge in [0.25, 0.3) is 0 Å². The number of carbonyl (C=O) groups is 1. The number of hydrogen-bond acceptors (Lipinski definition) is 2. The molecule has 126 valence electrons. The summed E-state index contributed by atoms with van der Waals surface area (Å²) in [7, 11) is 3.97. The van der Waals surface area contributed by atoms with Crippen LogP contribution in [0, 0.1) is 0 Å². The van der Waals surface area contributed by atoms with Crippen LogP contribution in [0.15, 0.2) is 30.3 Å². The summed E-state index contributed by atoms with van der Waals surface area (Å²) in [4.78, 5) is 14.5. The minimum atomic E-state index is -0.0914. The van der Waals surface area contributed by atoms with Crippen LogP contribution in [0.1, 0.15) is 69.9 Å². The van der Waals surface area contributed by atoms with E-state index in [-0.39, 0.29) is 18.4 Å². The summed E-state index contributed by atoms with van der Waals surface area (Å²) in [6, 6.07) is 10.0. The predicted molar refractivity (Wildman–Crippen MR) is 97.7 cm³/mol. The van der Waals surface area contributed by atoms with E-state index in [9.17, 15) is 4.79 Å². The third kappa shape index (κ3) is 7.95. The molecule has 0 fully saturated rings. The number of unbranched alkanes of at least 4 members (excludes halogenated alkanes) is 6. The van der Waals surface area contributed by atoms with E-state index in [4.69, 9.17) is 0 Å². The van der Waals surface area contributed by atoms with Crippen LogP contribution in [0.5, 0.6) is 0 Å². The number of ketones is 1. The van der Waals surface area contributed by atoms with Gasteiger partial charge < -0.3 is 0 Å². The van der Waals surface area contributed by atoms with Crippen LogP contribution >= 0.6 is 12.4 Å². The standard InChI is InChI=1S/C19H31NO.ClH/c1-4-5-6-7-8-9-13-16-18(21)19(20(2)3)17-14-11-10-12-15-17;/h10-12,14-15,19H,4-9,13,16H2,1-3H3;1H. The van der Waals surface area contributed by atoms with E-state index in [0.717, 1.165) is 12.0 Å².